The monoisotopic (exact) mass is 235 g/mol. The zero-order chi connectivity index (χ0) is 12.9. The van der Waals surface area contributed by atoms with Gasteiger partial charge in [-0.25, -0.2) is 0 Å². The standard InChI is InChI=1S/C14H21NO2/c1-4-11-6-8-12(9-7-11)13(16)15-10-14(3,17)5-2/h6-9,17H,4-5,10H2,1-3H3,(H,15,16). The summed E-state index contributed by atoms with van der Waals surface area (Å²) in [7, 11) is 0. The van der Waals surface area contributed by atoms with Crippen LogP contribution in [0.2, 0.25) is 0 Å². The molecule has 0 aliphatic heterocycles. The quantitative estimate of drug-likeness (QED) is 0.821. The number of nitrogens with one attached hydrogen (secondary N) is 1. The molecular formula is C14H21NO2. The molecule has 0 radical (unpaired) electrons. The third kappa shape index (κ3) is 4.19. The number of hydrogen-bond donors (Lipinski definition) is 2. The van der Waals surface area contributed by atoms with Crippen LogP contribution in [0.25, 0.3) is 0 Å². The first-order valence-corrected chi connectivity index (χ1v) is 6.08. The Labute approximate surface area is 103 Å². The lowest BCUT2D eigenvalue weighted by atomic mass is 10.0. The summed E-state index contributed by atoms with van der Waals surface area (Å²) < 4.78 is 0. The third-order valence-electron chi connectivity index (χ3n) is 3.02. The van der Waals surface area contributed by atoms with E-state index < -0.39 is 5.60 Å². The lowest BCUT2D eigenvalue weighted by Gasteiger charge is -2.21. The maximum Gasteiger partial charge on any atom is 0.251 e. The van der Waals surface area contributed by atoms with Crippen molar-refractivity contribution < 1.29 is 9.90 Å². The molecule has 0 saturated heterocycles. The molecule has 2 N–H and O–H groups in total. The molecule has 1 atom stereocenters. The number of carbonyl (C=O) groups is 1. The van der Waals surface area contributed by atoms with E-state index in [0.717, 1.165) is 6.42 Å². The van der Waals surface area contributed by atoms with Crippen molar-refractivity contribution in [2.75, 3.05) is 6.54 Å². The fourth-order valence-corrected chi connectivity index (χ4v) is 1.39. The van der Waals surface area contributed by atoms with Crippen molar-refractivity contribution in [1.29, 1.82) is 0 Å². The fraction of sp³-hybridized carbons (Fsp3) is 0.500. The minimum Gasteiger partial charge on any atom is -0.388 e. The van der Waals surface area contributed by atoms with Crippen molar-refractivity contribution >= 4 is 5.91 Å². The highest BCUT2D eigenvalue weighted by atomic mass is 16.3. The molecule has 0 fully saturated rings. The Bertz CT molecular complexity index is 368. The Hall–Kier alpha value is -1.35. The number of carbonyl (C=O) groups excluding carboxylic acids is 1. The van der Waals surface area contributed by atoms with Gasteiger partial charge in [-0.1, -0.05) is 26.0 Å². The summed E-state index contributed by atoms with van der Waals surface area (Å²) in [4.78, 5) is 11.8. The number of hydrogen-bond acceptors (Lipinski definition) is 2. The predicted octanol–water partition coefficient (Wildman–Crippen LogP) is 2.14. The van der Waals surface area contributed by atoms with E-state index in [0.29, 0.717) is 12.0 Å². The Morgan fingerprint density at radius 2 is 1.88 bits per heavy atom. The molecule has 0 spiro atoms. The summed E-state index contributed by atoms with van der Waals surface area (Å²) in [5.41, 5.74) is 1.01. The maximum absolute atomic E-state index is 11.8. The number of benzene rings is 1. The minimum absolute atomic E-state index is 0.138. The number of amides is 1. The Morgan fingerprint density at radius 3 is 2.35 bits per heavy atom. The second-order valence-electron chi connectivity index (χ2n) is 4.58. The van der Waals surface area contributed by atoms with Gasteiger partial charge in [0.15, 0.2) is 0 Å². The Balaban J connectivity index is 2.58. The van der Waals surface area contributed by atoms with Crippen LogP contribution in [0.5, 0.6) is 0 Å². The zero-order valence-corrected chi connectivity index (χ0v) is 10.8. The molecule has 1 aromatic rings. The highest BCUT2D eigenvalue weighted by molar-refractivity contribution is 5.94. The van der Waals surface area contributed by atoms with Crippen LogP contribution in [0.1, 0.15) is 43.1 Å². The number of aliphatic hydroxyl groups is 1. The van der Waals surface area contributed by atoms with Crippen molar-refractivity contribution in [3.8, 4) is 0 Å². The summed E-state index contributed by atoms with van der Waals surface area (Å²) >= 11 is 0. The van der Waals surface area contributed by atoms with Gasteiger partial charge in [-0.2, -0.15) is 0 Å². The Kier molecular flexibility index (Phi) is 4.70. The van der Waals surface area contributed by atoms with E-state index in [-0.39, 0.29) is 12.5 Å². The minimum atomic E-state index is -0.834. The van der Waals surface area contributed by atoms with Crippen LogP contribution in [0, 0.1) is 0 Å². The van der Waals surface area contributed by atoms with E-state index in [2.05, 4.69) is 12.2 Å². The van der Waals surface area contributed by atoms with E-state index in [9.17, 15) is 9.90 Å². The van der Waals surface area contributed by atoms with E-state index >= 15 is 0 Å². The molecule has 94 valence electrons. The molecule has 0 saturated carbocycles. The Morgan fingerprint density at radius 1 is 1.29 bits per heavy atom. The molecule has 17 heavy (non-hydrogen) atoms. The summed E-state index contributed by atoms with van der Waals surface area (Å²) in [6, 6.07) is 7.53. The average Bonchev–Trinajstić information content (AvgIpc) is 2.36. The van der Waals surface area contributed by atoms with Crippen molar-refractivity contribution in [2.24, 2.45) is 0 Å². The van der Waals surface area contributed by atoms with E-state index in [4.69, 9.17) is 0 Å². The molecule has 1 rings (SSSR count). The van der Waals surface area contributed by atoms with Crippen molar-refractivity contribution in [2.45, 2.75) is 39.2 Å². The molecule has 1 unspecified atom stereocenters. The van der Waals surface area contributed by atoms with E-state index in [1.54, 1.807) is 6.92 Å². The van der Waals surface area contributed by atoms with Crippen molar-refractivity contribution in [3.05, 3.63) is 35.4 Å². The molecule has 1 amide bonds. The second-order valence-corrected chi connectivity index (χ2v) is 4.58. The maximum atomic E-state index is 11.8. The summed E-state index contributed by atoms with van der Waals surface area (Å²) in [5.74, 6) is -0.138. The summed E-state index contributed by atoms with van der Waals surface area (Å²) in [5, 5.41) is 12.5. The zero-order valence-electron chi connectivity index (χ0n) is 10.8. The molecule has 0 bridgehead atoms. The van der Waals surface area contributed by atoms with Gasteiger partial charge in [0, 0.05) is 12.1 Å². The van der Waals surface area contributed by atoms with Crippen molar-refractivity contribution in [1.82, 2.24) is 5.32 Å². The van der Waals surface area contributed by atoms with Gasteiger partial charge in [0.2, 0.25) is 0 Å². The van der Waals surface area contributed by atoms with Crippen molar-refractivity contribution in [3.63, 3.8) is 0 Å². The molecule has 1 aromatic carbocycles. The van der Waals surface area contributed by atoms with Gasteiger partial charge in [-0.15, -0.1) is 0 Å². The van der Waals surface area contributed by atoms with Crippen LogP contribution in [0.3, 0.4) is 0 Å². The van der Waals surface area contributed by atoms with Crippen LogP contribution < -0.4 is 5.32 Å². The third-order valence-corrected chi connectivity index (χ3v) is 3.02. The van der Waals surface area contributed by atoms with Gasteiger partial charge in [-0.05, 0) is 37.5 Å². The normalized spacial score (nSPS) is 14.1. The highest BCUT2D eigenvalue weighted by Crippen LogP contribution is 2.08. The average molecular weight is 235 g/mol. The van der Waals surface area contributed by atoms with Crippen LogP contribution in [-0.2, 0) is 6.42 Å². The smallest absolute Gasteiger partial charge is 0.251 e. The van der Waals surface area contributed by atoms with Gasteiger partial charge >= 0.3 is 0 Å². The number of aryl methyl sites for hydroxylation is 1. The molecular weight excluding hydrogens is 214 g/mol. The first-order valence-electron chi connectivity index (χ1n) is 6.08. The SMILES string of the molecule is CCc1ccc(C(=O)NCC(C)(O)CC)cc1. The summed E-state index contributed by atoms with van der Waals surface area (Å²) in [6.45, 7) is 5.96. The van der Waals surface area contributed by atoms with Gasteiger partial charge in [0.05, 0.1) is 5.60 Å². The lowest BCUT2D eigenvalue weighted by molar-refractivity contribution is 0.0518. The van der Waals surface area contributed by atoms with Crippen LogP contribution in [-0.4, -0.2) is 23.2 Å². The molecule has 0 aliphatic rings. The van der Waals surface area contributed by atoms with Crippen LogP contribution in [0.4, 0.5) is 0 Å². The van der Waals surface area contributed by atoms with Crippen LogP contribution >= 0.6 is 0 Å². The first-order chi connectivity index (χ1) is 7.98. The van der Waals surface area contributed by atoms with Gasteiger partial charge in [-0.3, -0.25) is 4.79 Å². The molecule has 0 aliphatic carbocycles. The fourth-order valence-electron chi connectivity index (χ4n) is 1.39. The molecule has 0 aromatic heterocycles. The topological polar surface area (TPSA) is 49.3 Å². The molecule has 3 heteroatoms. The van der Waals surface area contributed by atoms with Gasteiger partial charge in [0.25, 0.3) is 5.91 Å². The predicted molar refractivity (Wildman–Crippen MR) is 69.1 cm³/mol. The van der Waals surface area contributed by atoms with E-state index in [1.165, 1.54) is 5.56 Å². The van der Waals surface area contributed by atoms with Gasteiger partial charge < -0.3 is 10.4 Å². The molecule has 0 heterocycles. The van der Waals surface area contributed by atoms with Crippen LogP contribution in [0.15, 0.2) is 24.3 Å². The second kappa shape index (κ2) is 5.82. The lowest BCUT2D eigenvalue weighted by Crippen LogP contribution is -2.40. The van der Waals surface area contributed by atoms with E-state index in [1.807, 2.05) is 31.2 Å². The highest BCUT2D eigenvalue weighted by Gasteiger charge is 2.18. The largest absolute Gasteiger partial charge is 0.388 e. The number of rotatable bonds is 5. The summed E-state index contributed by atoms with van der Waals surface area (Å²) in [6.07, 6.45) is 1.58. The first kappa shape index (κ1) is 13.7. The molecule has 3 nitrogen and oxygen atoms in total. The van der Waals surface area contributed by atoms with Gasteiger partial charge in [0.1, 0.15) is 0 Å².